The van der Waals surface area contributed by atoms with Crippen molar-refractivity contribution in [2.45, 2.75) is 18.6 Å². The van der Waals surface area contributed by atoms with Crippen LogP contribution < -0.4 is 4.74 Å². The number of amides is 1. The molecule has 0 aliphatic carbocycles. The average Bonchev–Trinajstić information content (AvgIpc) is 3.15. The summed E-state index contributed by atoms with van der Waals surface area (Å²) < 4.78 is 7.38. The Balaban J connectivity index is 1.58. The molecule has 0 bridgehead atoms. The third kappa shape index (κ3) is 3.91. The Morgan fingerprint density at radius 2 is 1.93 bits per heavy atom. The van der Waals surface area contributed by atoms with Gasteiger partial charge in [-0.25, -0.2) is 0 Å². The fraction of sp³-hybridized carbons (Fsp3) is 0.227. The molecule has 0 aliphatic heterocycles. The first-order chi connectivity index (χ1) is 14.1. The molecule has 29 heavy (non-hydrogen) atoms. The maximum Gasteiger partial charge on any atom is 0.233 e. The first kappa shape index (κ1) is 19.3. The monoisotopic (exact) mass is 406 g/mol. The lowest BCUT2D eigenvalue weighted by molar-refractivity contribution is -0.127. The minimum absolute atomic E-state index is 0.0459. The molecule has 0 N–H and O–H groups in total. The summed E-state index contributed by atoms with van der Waals surface area (Å²) in [6.45, 7) is 2.64. The van der Waals surface area contributed by atoms with E-state index in [0.29, 0.717) is 17.5 Å². The summed E-state index contributed by atoms with van der Waals surface area (Å²) >= 11 is 1.40. The van der Waals surface area contributed by atoms with Crippen molar-refractivity contribution < 1.29 is 9.53 Å². The first-order valence-corrected chi connectivity index (χ1v) is 10.3. The van der Waals surface area contributed by atoms with Crippen LogP contribution in [0.1, 0.15) is 11.1 Å². The average molecular weight is 407 g/mol. The van der Waals surface area contributed by atoms with Crippen LogP contribution in [-0.2, 0) is 11.3 Å². The van der Waals surface area contributed by atoms with Gasteiger partial charge in [-0.3, -0.25) is 9.20 Å². The summed E-state index contributed by atoms with van der Waals surface area (Å²) in [7, 11) is 3.47. The maximum absolute atomic E-state index is 12.6. The second-order valence-electron chi connectivity index (χ2n) is 6.91. The number of pyridine rings is 1. The molecule has 148 valence electrons. The molecule has 0 saturated carbocycles. The predicted molar refractivity (Wildman–Crippen MR) is 115 cm³/mol. The highest BCUT2D eigenvalue weighted by atomic mass is 32.2. The molecule has 0 fully saturated rings. The van der Waals surface area contributed by atoms with Gasteiger partial charge >= 0.3 is 0 Å². The molecule has 6 nitrogen and oxygen atoms in total. The quantitative estimate of drug-likeness (QED) is 0.454. The van der Waals surface area contributed by atoms with Gasteiger partial charge < -0.3 is 9.64 Å². The number of rotatable bonds is 6. The van der Waals surface area contributed by atoms with Gasteiger partial charge in [0.15, 0.2) is 10.8 Å². The van der Waals surface area contributed by atoms with Gasteiger partial charge in [-0.05, 0) is 36.2 Å². The Bertz CT molecular complexity index is 1170. The number of aryl methyl sites for hydroxylation is 1. The van der Waals surface area contributed by atoms with E-state index in [-0.39, 0.29) is 5.91 Å². The number of aromatic nitrogens is 3. The summed E-state index contributed by atoms with van der Waals surface area (Å²) in [6, 6.07) is 17.9. The highest BCUT2D eigenvalue weighted by Gasteiger charge is 2.16. The molecule has 7 heteroatoms. The Hall–Kier alpha value is -3.06. The van der Waals surface area contributed by atoms with Crippen LogP contribution in [0.25, 0.3) is 16.6 Å². The van der Waals surface area contributed by atoms with E-state index in [9.17, 15) is 4.79 Å². The predicted octanol–water partition coefficient (Wildman–Crippen LogP) is 3.95. The minimum atomic E-state index is 0.0459. The molecule has 0 aliphatic rings. The van der Waals surface area contributed by atoms with E-state index in [1.54, 1.807) is 12.0 Å². The van der Waals surface area contributed by atoms with Crippen LogP contribution in [0.4, 0.5) is 0 Å². The van der Waals surface area contributed by atoms with E-state index in [0.717, 1.165) is 33.4 Å². The number of thioether (sulfide) groups is 1. The smallest absolute Gasteiger partial charge is 0.233 e. The Morgan fingerprint density at radius 1 is 1.14 bits per heavy atom. The van der Waals surface area contributed by atoms with Crippen LogP contribution in [0, 0.1) is 6.92 Å². The Labute approximate surface area is 173 Å². The normalized spacial score (nSPS) is 11.1. The molecule has 2 aromatic carbocycles. The van der Waals surface area contributed by atoms with Crippen molar-refractivity contribution in [3.8, 4) is 5.75 Å². The molecule has 0 spiro atoms. The van der Waals surface area contributed by atoms with Gasteiger partial charge in [-0.2, -0.15) is 0 Å². The number of fused-ring (bicyclic) bond motifs is 3. The highest BCUT2D eigenvalue weighted by Crippen LogP contribution is 2.28. The second kappa shape index (κ2) is 8.13. The van der Waals surface area contributed by atoms with Crippen LogP contribution >= 0.6 is 11.8 Å². The molecule has 1 amide bonds. The van der Waals surface area contributed by atoms with E-state index < -0.39 is 0 Å². The van der Waals surface area contributed by atoms with Gasteiger partial charge in [0.1, 0.15) is 5.75 Å². The molecule has 2 heterocycles. The molecule has 2 aromatic heterocycles. The van der Waals surface area contributed by atoms with Crippen LogP contribution in [0.2, 0.25) is 0 Å². The summed E-state index contributed by atoms with van der Waals surface area (Å²) in [5.41, 5.74) is 3.96. The molecule has 4 aromatic rings. The van der Waals surface area contributed by atoms with Crippen molar-refractivity contribution in [1.82, 2.24) is 19.5 Å². The minimum Gasteiger partial charge on any atom is -0.497 e. The molecular weight excluding hydrogens is 384 g/mol. The van der Waals surface area contributed by atoms with Gasteiger partial charge in [0.05, 0.1) is 18.4 Å². The number of methoxy groups -OCH3 is 1. The van der Waals surface area contributed by atoms with Crippen LogP contribution in [0.3, 0.4) is 0 Å². The Morgan fingerprint density at radius 3 is 2.69 bits per heavy atom. The largest absolute Gasteiger partial charge is 0.497 e. The molecule has 0 radical (unpaired) electrons. The van der Waals surface area contributed by atoms with Crippen molar-refractivity contribution in [3.05, 3.63) is 65.7 Å². The summed E-state index contributed by atoms with van der Waals surface area (Å²) in [6.07, 6.45) is 0. The standard InChI is InChI=1S/C22H22N4O2S/c1-15-11-20-23-24-22(26(20)19-12-17(28-3)9-10-18(15)19)29-14-21(27)25(2)13-16-7-5-4-6-8-16/h4-12H,13-14H2,1-3H3. The maximum atomic E-state index is 12.6. The van der Waals surface area contributed by atoms with Gasteiger partial charge in [-0.15, -0.1) is 10.2 Å². The SMILES string of the molecule is COc1ccc2c(C)cc3nnc(SCC(=O)N(C)Cc4ccccc4)n3c2c1. The lowest BCUT2D eigenvalue weighted by Gasteiger charge is -2.17. The highest BCUT2D eigenvalue weighted by molar-refractivity contribution is 7.99. The number of nitrogens with zero attached hydrogens (tertiary/aromatic N) is 4. The molecule has 4 rings (SSSR count). The van der Waals surface area contributed by atoms with Gasteiger partial charge in [0.2, 0.25) is 5.91 Å². The zero-order valence-corrected chi connectivity index (χ0v) is 17.4. The van der Waals surface area contributed by atoms with Crippen molar-refractivity contribution >= 4 is 34.2 Å². The number of carbonyl (C=O) groups excluding carboxylic acids is 1. The molecule has 0 saturated heterocycles. The zero-order chi connectivity index (χ0) is 20.4. The van der Waals surface area contributed by atoms with Gasteiger partial charge in [0.25, 0.3) is 0 Å². The van der Waals surface area contributed by atoms with Crippen molar-refractivity contribution in [1.29, 1.82) is 0 Å². The lowest BCUT2D eigenvalue weighted by atomic mass is 10.1. The third-order valence-electron chi connectivity index (χ3n) is 4.89. The lowest BCUT2D eigenvalue weighted by Crippen LogP contribution is -2.27. The van der Waals surface area contributed by atoms with Crippen molar-refractivity contribution in [2.24, 2.45) is 0 Å². The van der Waals surface area contributed by atoms with Gasteiger partial charge in [-0.1, -0.05) is 42.1 Å². The van der Waals surface area contributed by atoms with E-state index in [2.05, 4.69) is 17.1 Å². The fourth-order valence-corrected chi connectivity index (χ4v) is 4.20. The summed E-state index contributed by atoms with van der Waals surface area (Å²) in [4.78, 5) is 14.4. The third-order valence-corrected chi connectivity index (χ3v) is 5.80. The Kier molecular flexibility index (Phi) is 5.40. The number of ether oxygens (including phenoxy) is 1. The van der Waals surface area contributed by atoms with Crippen molar-refractivity contribution in [2.75, 3.05) is 19.9 Å². The fourth-order valence-electron chi connectivity index (χ4n) is 3.30. The first-order valence-electron chi connectivity index (χ1n) is 9.30. The van der Waals surface area contributed by atoms with Crippen molar-refractivity contribution in [3.63, 3.8) is 0 Å². The topological polar surface area (TPSA) is 59.7 Å². The van der Waals surface area contributed by atoms with E-state index >= 15 is 0 Å². The number of hydrogen-bond acceptors (Lipinski definition) is 5. The van der Waals surface area contributed by atoms with Gasteiger partial charge in [0, 0.05) is 25.0 Å². The molecule has 0 unspecified atom stereocenters. The van der Waals surface area contributed by atoms with E-state index in [1.807, 2.05) is 66.0 Å². The number of benzene rings is 2. The van der Waals surface area contributed by atoms with E-state index in [1.165, 1.54) is 11.8 Å². The molecular formula is C22H22N4O2S. The van der Waals surface area contributed by atoms with E-state index in [4.69, 9.17) is 4.74 Å². The number of carbonyl (C=O) groups is 1. The van der Waals surface area contributed by atoms with Crippen LogP contribution in [-0.4, -0.2) is 45.3 Å². The van der Waals surface area contributed by atoms with Crippen LogP contribution in [0.5, 0.6) is 5.75 Å². The molecule has 0 atom stereocenters. The number of hydrogen-bond donors (Lipinski definition) is 0. The zero-order valence-electron chi connectivity index (χ0n) is 16.6. The second-order valence-corrected chi connectivity index (χ2v) is 7.85. The van der Waals surface area contributed by atoms with Crippen LogP contribution in [0.15, 0.2) is 59.8 Å². The summed E-state index contributed by atoms with van der Waals surface area (Å²) in [5, 5.41) is 10.4. The summed E-state index contributed by atoms with van der Waals surface area (Å²) in [5.74, 6) is 1.11.